The first-order valence-corrected chi connectivity index (χ1v) is 19.2. The summed E-state index contributed by atoms with van der Waals surface area (Å²) in [5, 5.41) is 0. The molecule has 0 aromatic carbocycles. The van der Waals surface area contributed by atoms with Gasteiger partial charge in [0.1, 0.15) is 0 Å². The number of phosphoric ester groups is 1. The topological polar surface area (TPSA) is 55.8 Å². The highest BCUT2D eigenvalue weighted by atomic mass is 31.2. The van der Waals surface area contributed by atoms with E-state index >= 15 is 0 Å². The Balaban J connectivity index is 3.27. The molecule has 1 N–H and O–H groups in total. The summed E-state index contributed by atoms with van der Waals surface area (Å²) in [4.78, 5) is 9.85. The SMILES string of the molecule is CCCCCCCCCCCCCCCCCCOP(=O)(O)OCCCCCCCCCCCCCCCC. The molecule has 0 bridgehead atoms. The molecule has 0 aliphatic heterocycles. The van der Waals surface area contributed by atoms with Crippen molar-refractivity contribution in [1.29, 1.82) is 0 Å². The van der Waals surface area contributed by atoms with Gasteiger partial charge in [0, 0.05) is 0 Å². The van der Waals surface area contributed by atoms with Crippen LogP contribution in [0.4, 0.5) is 0 Å². The van der Waals surface area contributed by atoms with E-state index in [0.29, 0.717) is 13.2 Å². The maximum atomic E-state index is 12.0. The second-order valence-corrected chi connectivity index (χ2v) is 13.5. The molecule has 39 heavy (non-hydrogen) atoms. The molecule has 0 aliphatic rings. The summed E-state index contributed by atoms with van der Waals surface area (Å²) in [6, 6.07) is 0. The van der Waals surface area contributed by atoms with Crippen molar-refractivity contribution in [2.75, 3.05) is 13.2 Å². The molecule has 236 valence electrons. The van der Waals surface area contributed by atoms with Crippen LogP contribution in [-0.2, 0) is 13.6 Å². The van der Waals surface area contributed by atoms with Gasteiger partial charge in [-0.2, -0.15) is 0 Å². The summed E-state index contributed by atoms with van der Waals surface area (Å²) in [7, 11) is -3.87. The van der Waals surface area contributed by atoms with Gasteiger partial charge in [-0.25, -0.2) is 4.57 Å². The largest absolute Gasteiger partial charge is 0.472 e. The van der Waals surface area contributed by atoms with Crippen molar-refractivity contribution in [3.63, 3.8) is 0 Å². The van der Waals surface area contributed by atoms with Crippen LogP contribution in [0.25, 0.3) is 0 Å². The third-order valence-corrected chi connectivity index (χ3v) is 9.02. The lowest BCUT2D eigenvalue weighted by molar-refractivity contribution is 0.145. The smallest absolute Gasteiger partial charge is 0.302 e. The molecule has 0 spiro atoms. The van der Waals surface area contributed by atoms with Crippen molar-refractivity contribution in [2.45, 2.75) is 206 Å². The van der Waals surface area contributed by atoms with E-state index in [0.717, 1.165) is 25.7 Å². The zero-order valence-corrected chi connectivity index (χ0v) is 27.6. The van der Waals surface area contributed by atoms with Crippen molar-refractivity contribution in [3.8, 4) is 0 Å². The molecular formula is C34H71O4P. The van der Waals surface area contributed by atoms with E-state index in [1.54, 1.807) is 0 Å². The van der Waals surface area contributed by atoms with Crippen LogP contribution >= 0.6 is 7.82 Å². The van der Waals surface area contributed by atoms with Gasteiger partial charge in [-0.05, 0) is 12.8 Å². The van der Waals surface area contributed by atoms with Crippen molar-refractivity contribution in [3.05, 3.63) is 0 Å². The fraction of sp³-hybridized carbons (Fsp3) is 1.00. The van der Waals surface area contributed by atoms with Crippen molar-refractivity contribution in [1.82, 2.24) is 0 Å². The first-order chi connectivity index (χ1) is 19.1. The molecule has 0 amide bonds. The average molecular weight is 575 g/mol. The molecule has 0 radical (unpaired) electrons. The zero-order chi connectivity index (χ0) is 28.5. The van der Waals surface area contributed by atoms with E-state index in [2.05, 4.69) is 13.8 Å². The highest BCUT2D eigenvalue weighted by molar-refractivity contribution is 7.47. The molecule has 0 heterocycles. The molecule has 1 unspecified atom stereocenters. The molecule has 0 fully saturated rings. The molecule has 1 atom stereocenters. The van der Waals surface area contributed by atoms with Gasteiger partial charge in [0.25, 0.3) is 0 Å². The fourth-order valence-electron chi connectivity index (χ4n) is 5.34. The second-order valence-electron chi connectivity index (χ2n) is 12.0. The lowest BCUT2D eigenvalue weighted by Gasteiger charge is -2.12. The number of phosphoric acid groups is 1. The third-order valence-electron chi connectivity index (χ3n) is 8.00. The summed E-state index contributed by atoms with van der Waals surface area (Å²) in [6.07, 6.45) is 39.3. The summed E-state index contributed by atoms with van der Waals surface area (Å²) >= 11 is 0. The molecular weight excluding hydrogens is 503 g/mol. The van der Waals surface area contributed by atoms with Gasteiger partial charge in [-0.1, -0.05) is 194 Å². The van der Waals surface area contributed by atoms with Gasteiger partial charge in [-0.15, -0.1) is 0 Å². The average Bonchev–Trinajstić information content (AvgIpc) is 2.92. The summed E-state index contributed by atoms with van der Waals surface area (Å²) in [5.74, 6) is 0. The Bertz CT molecular complexity index is 500. The van der Waals surface area contributed by atoms with E-state index < -0.39 is 7.82 Å². The van der Waals surface area contributed by atoms with Crippen LogP contribution in [-0.4, -0.2) is 18.1 Å². The maximum Gasteiger partial charge on any atom is 0.472 e. The third kappa shape index (κ3) is 34.2. The van der Waals surface area contributed by atoms with Crippen LogP contribution in [0.5, 0.6) is 0 Å². The van der Waals surface area contributed by atoms with Crippen LogP contribution in [0.15, 0.2) is 0 Å². The van der Waals surface area contributed by atoms with Crippen LogP contribution < -0.4 is 0 Å². The second kappa shape index (κ2) is 32.6. The Hall–Kier alpha value is 0.110. The molecule has 0 saturated carbocycles. The van der Waals surface area contributed by atoms with Gasteiger partial charge >= 0.3 is 7.82 Å². The Morgan fingerprint density at radius 3 is 0.744 bits per heavy atom. The first-order valence-electron chi connectivity index (χ1n) is 17.7. The predicted octanol–water partition coefficient (Wildman–Crippen LogP) is 12.9. The summed E-state index contributed by atoms with van der Waals surface area (Å²) in [5.41, 5.74) is 0. The quantitative estimate of drug-likeness (QED) is 0.0613. The minimum Gasteiger partial charge on any atom is -0.302 e. The predicted molar refractivity (Wildman–Crippen MR) is 172 cm³/mol. The Morgan fingerprint density at radius 2 is 0.538 bits per heavy atom. The molecule has 0 aromatic heterocycles. The monoisotopic (exact) mass is 575 g/mol. The molecule has 0 aromatic rings. The number of unbranched alkanes of at least 4 members (excludes halogenated alkanes) is 28. The van der Waals surface area contributed by atoms with Crippen molar-refractivity contribution < 1.29 is 18.5 Å². The van der Waals surface area contributed by atoms with E-state index in [1.807, 2.05) is 0 Å². The minimum atomic E-state index is -3.87. The van der Waals surface area contributed by atoms with Gasteiger partial charge < -0.3 is 4.89 Å². The first kappa shape index (κ1) is 39.1. The fourth-order valence-corrected chi connectivity index (χ4v) is 6.14. The zero-order valence-electron chi connectivity index (χ0n) is 26.7. The Morgan fingerprint density at radius 1 is 0.359 bits per heavy atom. The van der Waals surface area contributed by atoms with E-state index in [-0.39, 0.29) is 0 Å². The Labute approximate surface area is 245 Å². The van der Waals surface area contributed by atoms with Crippen LogP contribution in [0.1, 0.15) is 206 Å². The normalized spacial score (nSPS) is 13.2. The summed E-state index contributed by atoms with van der Waals surface area (Å²) in [6.45, 7) is 5.20. The lowest BCUT2D eigenvalue weighted by atomic mass is 10.0. The lowest BCUT2D eigenvalue weighted by Crippen LogP contribution is -1.99. The van der Waals surface area contributed by atoms with Gasteiger partial charge in [0.15, 0.2) is 0 Å². The highest BCUT2D eigenvalue weighted by Crippen LogP contribution is 2.43. The number of hydrogen-bond acceptors (Lipinski definition) is 3. The highest BCUT2D eigenvalue weighted by Gasteiger charge is 2.19. The van der Waals surface area contributed by atoms with E-state index in [9.17, 15) is 9.46 Å². The standard InChI is InChI=1S/C34H71O4P/c1-3-5-7-9-11-13-15-17-19-20-22-24-26-28-30-32-34-38-39(35,36)37-33-31-29-27-25-23-21-18-16-14-12-10-8-6-4-2/h3-34H2,1-2H3,(H,35,36). The maximum absolute atomic E-state index is 12.0. The Kier molecular flexibility index (Phi) is 32.7. The van der Waals surface area contributed by atoms with Crippen LogP contribution in [0.3, 0.4) is 0 Å². The molecule has 0 aliphatic carbocycles. The number of hydrogen-bond donors (Lipinski definition) is 1. The molecule has 4 nitrogen and oxygen atoms in total. The number of rotatable bonds is 34. The minimum absolute atomic E-state index is 0.324. The summed E-state index contributed by atoms with van der Waals surface area (Å²) < 4.78 is 22.3. The van der Waals surface area contributed by atoms with E-state index in [4.69, 9.17) is 9.05 Å². The van der Waals surface area contributed by atoms with Gasteiger partial charge in [-0.3, -0.25) is 9.05 Å². The van der Waals surface area contributed by atoms with Crippen LogP contribution in [0.2, 0.25) is 0 Å². The van der Waals surface area contributed by atoms with Gasteiger partial charge in [0.05, 0.1) is 13.2 Å². The molecule has 0 rings (SSSR count). The molecule has 5 heteroatoms. The van der Waals surface area contributed by atoms with Gasteiger partial charge in [0.2, 0.25) is 0 Å². The van der Waals surface area contributed by atoms with E-state index in [1.165, 1.54) is 167 Å². The van der Waals surface area contributed by atoms with Crippen molar-refractivity contribution >= 4 is 7.82 Å². The molecule has 0 saturated heterocycles. The van der Waals surface area contributed by atoms with Crippen molar-refractivity contribution in [2.24, 2.45) is 0 Å². The van der Waals surface area contributed by atoms with Crippen LogP contribution in [0, 0.1) is 0 Å².